The van der Waals surface area contributed by atoms with Crippen LogP contribution < -0.4 is 10.6 Å². The molecule has 2 N–H and O–H groups in total. The van der Waals surface area contributed by atoms with Gasteiger partial charge < -0.3 is 15.5 Å². The third kappa shape index (κ3) is 6.39. The maximum atomic E-state index is 11.6. The molecule has 0 aromatic heterocycles. The maximum absolute atomic E-state index is 11.6. The normalized spacial score (nSPS) is 22.5. The van der Waals surface area contributed by atoms with Crippen LogP contribution in [-0.4, -0.2) is 49.1 Å². The van der Waals surface area contributed by atoms with Crippen LogP contribution in [0.4, 0.5) is 0 Å². The van der Waals surface area contributed by atoms with Crippen molar-refractivity contribution in [2.45, 2.75) is 59.0 Å². The topological polar surface area (TPSA) is 44.4 Å². The number of piperidine rings is 1. The first-order valence-electron chi connectivity index (χ1n) is 7.78. The third-order valence-electron chi connectivity index (χ3n) is 3.96. The highest BCUT2D eigenvalue weighted by molar-refractivity contribution is 5.76. The number of carbonyl (C=O) groups is 1. The fourth-order valence-electron chi connectivity index (χ4n) is 2.76. The molecule has 0 aliphatic carbocycles. The summed E-state index contributed by atoms with van der Waals surface area (Å²) < 4.78 is 0. The molecule has 1 aliphatic rings. The van der Waals surface area contributed by atoms with E-state index < -0.39 is 0 Å². The molecule has 0 saturated carbocycles. The highest BCUT2D eigenvalue weighted by Gasteiger charge is 2.23. The molecule has 2 atom stereocenters. The van der Waals surface area contributed by atoms with E-state index in [1.165, 1.54) is 25.9 Å². The fraction of sp³-hybridized carbons (Fsp3) is 0.933. The van der Waals surface area contributed by atoms with Crippen molar-refractivity contribution in [3.8, 4) is 0 Å². The summed E-state index contributed by atoms with van der Waals surface area (Å²) in [7, 11) is 0. The molecule has 4 heteroatoms. The van der Waals surface area contributed by atoms with Crippen molar-refractivity contribution in [1.82, 2.24) is 15.5 Å². The zero-order valence-electron chi connectivity index (χ0n) is 13.0. The third-order valence-corrected chi connectivity index (χ3v) is 3.96. The van der Waals surface area contributed by atoms with Crippen molar-refractivity contribution < 1.29 is 4.79 Å². The van der Waals surface area contributed by atoms with Crippen LogP contribution in [0.25, 0.3) is 0 Å². The molecule has 0 spiro atoms. The molecule has 1 amide bonds. The molecule has 19 heavy (non-hydrogen) atoms. The number of hydrogen-bond acceptors (Lipinski definition) is 3. The molecule has 1 fully saturated rings. The minimum absolute atomic E-state index is 0.147. The van der Waals surface area contributed by atoms with E-state index in [2.05, 4.69) is 29.4 Å². The average Bonchev–Trinajstić information content (AvgIpc) is 2.37. The Labute approximate surface area is 118 Å². The molecule has 0 bridgehead atoms. The Balaban J connectivity index is 2.19. The van der Waals surface area contributed by atoms with E-state index in [0.29, 0.717) is 12.5 Å². The smallest absolute Gasteiger partial charge is 0.221 e. The molecular formula is C15H31N3O. The van der Waals surface area contributed by atoms with Crippen molar-refractivity contribution in [1.29, 1.82) is 0 Å². The average molecular weight is 269 g/mol. The summed E-state index contributed by atoms with van der Waals surface area (Å²) in [6.07, 6.45) is 3.19. The standard InChI is InChI=1S/C15H31N3O/c1-5-18-10-6-7-14(11-18)13(4)16-9-8-15(19)17-12(2)3/h12-14,16H,5-11H2,1-4H3,(H,17,19). The van der Waals surface area contributed by atoms with E-state index in [1.54, 1.807) is 0 Å². The van der Waals surface area contributed by atoms with Crippen molar-refractivity contribution in [3.63, 3.8) is 0 Å². The fourth-order valence-corrected chi connectivity index (χ4v) is 2.76. The van der Waals surface area contributed by atoms with Crippen molar-refractivity contribution in [2.24, 2.45) is 5.92 Å². The largest absolute Gasteiger partial charge is 0.354 e. The van der Waals surface area contributed by atoms with Crippen LogP contribution >= 0.6 is 0 Å². The summed E-state index contributed by atoms with van der Waals surface area (Å²) in [4.78, 5) is 14.1. The SMILES string of the molecule is CCN1CCCC(C(C)NCCC(=O)NC(C)C)C1. The van der Waals surface area contributed by atoms with Gasteiger partial charge in [-0.15, -0.1) is 0 Å². The van der Waals surface area contributed by atoms with Crippen LogP contribution in [0.5, 0.6) is 0 Å². The number of nitrogens with zero attached hydrogens (tertiary/aromatic N) is 1. The van der Waals surface area contributed by atoms with E-state index in [4.69, 9.17) is 0 Å². The molecule has 112 valence electrons. The minimum Gasteiger partial charge on any atom is -0.354 e. The molecule has 1 rings (SSSR count). The van der Waals surface area contributed by atoms with Gasteiger partial charge in [0.25, 0.3) is 0 Å². The van der Waals surface area contributed by atoms with Gasteiger partial charge in [-0.05, 0) is 52.6 Å². The Hall–Kier alpha value is -0.610. The molecule has 1 heterocycles. The van der Waals surface area contributed by atoms with Gasteiger partial charge in [0, 0.05) is 31.6 Å². The number of carbonyl (C=O) groups excluding carboxylic acids is 1. The van der Waals surface area contributed by atoms with E-state index >= 15 is 0 Å². The van der Waals surface area contributed by atoms with Crippen molar-refractivity contribution in [3.05, 3.63) is 0 Å². The Morgan fingerprint density at radius 1 is 1.37 bits per heavy atom. The van der Waals surface area contributed by atoms with Crippen LogP contribution in [0.2, 0.25) is 0 Å². The van der Waals surface area contributed by atoms with Gasteiger partial charge in [-0.3, -0.25) is 4.79 Å². The Bertz CT molecular complexity index is 268. The number of rotatable bonds is 7. The second-order valence-corrected chi connectivity index (χ2v) is 6.01. The van der Waals surface area contributed by atoms with Gasteiger partial charge in [-0.1, -0.05) is 6.92 Å². The van der Waals surface area contributed by atoms with Gasteiger partial charge in [0.05, 0.1) is 0 Å². The zero-order valence-corrected chi connectivity index (χ0v) is 13.0. The van der Waals surface area contributed by atoms with Gasteiger partial charge in [-0.25, -0.2) is 0 Å². The lowest BCUT2D eigenvalue weighted by Crippen LogP contribution is -2.45. The molecule has 0 aromatic rings. The molecule has 2 unspecified atom stereocenters. The van der Waals surface area contributed by atoms with Gasteiger partial charge >= 0.3 is 0 Å². The highest BCUT2D eigenvalue weighted by atomic mass is 16.1. The second-order valence-electron chi connectivity index (χ2n) is 6.01. The molecule has 1 aliphatic heterocycles. The van der Waals surface area contributed by atoms with E-state index in [0.717, 1.165) is 19.0 Å². The molecule has 4 nitrogen and oxygen atoms in total. The summed E-state index contributed by atoms with van der Waals surface area (Å²) in [6.45, 7) is 12.9. The summed E-state index contributed by atoms with van der Waals surface area (Å²) in [6, 6.07) is 0.739. The first kappa shape index (κ1) is 16.4. The van der Waals surface area contributed by atoms with Crippen LogP contribution in [0, 0.1) is 5.92 Å². The van der Waals surface area contributed by atoms with Crippen molar-refractivity contribution in [2.75, 3.05) is 26.2 Å². The monoisotopic (exact) mass is 269 g/mol. The van der Waals surface area contributed by atoms with Gasteiger partial charge in [0.2, 0.25) is 5.91 Å². The second kappa shape index (κ2) is 8.54. The van der Waals surface area contributed by atoms with Gasteiger partial charge in [0.15, 0.2) is 0 Å². The van der Waals surface area contributed by atoms with Crippen LogP contribution in [0.3, 0.4) is 0 Å². The molecule has 0 aromatic carbocycles. The molecule has 1 saturated heterocycles. The zero-order chi connectivity index (χ0) is 14.3. The number of hydrogen-bond donors (Lipinski definition) is 2. The lowest BCUT2D eigenvalue weighted by atomic mass is 9.91. The lowest BCUT2D eigenvalue weighted by Gasteiger charge is -2.35. The molecule has 0 radical (unpaired) electrons. The Kier molecular flexibility index (Phi) is 7.39. The summed E-state index contributed by atoms with van der Waals surface area (Å²) >= 11 is 0. The van der Waals surface area contributed by atoms with E-state index in [1.807, 2.05) is 13.8 Å². The minimum atomic E-state index is 0.147. The number of nitrogens with one attached hydrogen (secondary N) is 2. The van der Waals surface area contributed by atoms with Gasteiger partial charge in [-0.2, -0.15) is 0 Å². The summed E-state index contributed by atoms with van der Waals surface area (Å²) in [5.74, 6) is 0.871. The van der Waals surface area contributed by atoms with Crippen LogP contribution in [0.15, 0.2) is 0 Å². The first-order chi connectivity index (χ1) is 9.02. The van der Waals surface area contributed by atoms with E-state index in [9.17, 15) is 4.79 Å². The predicted molar refractivity (Wildman–Crippen MR) is 80.2 cm³/mol. The Morgan fingerprint density at radius 3 is 2.74 bits per heavy atom. The lowest BCUT2D eigenvalue weighted by molar-refractivity contribution is -0.121. The first-order valence-corrected chi connectivity index (χ1v) is 7.78. The highest BCUT2D eigenvalue weighted by Crippen LogP contribution is 2.19. The predicted octanol–water partition coefficient (Wildman–Crippen LogP) is 1.61. The quantitative estimate of drug-likeness (QED) is 0.738. The Morgan fingerprint density at radius 2 is 2.11 bits per heavy atom. The summed E-state index contributed by atoms with van der Waals surface area (Å²) in [5.41, 5.74) is 0. The van der Waals surface area contributed by atoms with Gasteiger partial charge in [0.1, 0.15) is 0 Å². The van der Waals surface area contributed by atoms with E-state index in [-0.39, 0.29) is 11.9 Å². The van der Waals surface area contributed by atoms with Crippen LogP contribution in [-0.2, 0) is 4.79 Å². The van der Waals surface area contributed by atoms with Crippen LogP contribution in [0.1, 0.15) is 47.0 Å². The number of amides is 1. The molecular weight excluding hydrogens is 238 g/mol. The maximum Gasteiger partial charge on any atom is 0.221 e. The summed E-state index contributed by atoms with van der Waals surface area (Å²) in [5, 5.41) is 6.44. The van der Waals surface area contributed by atoms with Crippen molar-refractivity contribution >= 4 is 5.91 Å². The number of likely N-dealkylation sites (tertiary alicyclic amines) is 1.